The molecule has 6 nitrogen and oxygen atoms in total. The summed E-state index contributed by atoms with van der Waals surface area (Å²) < 4.78 is 4.79. The average molecular weight is 289 g/mol. The second-order valence-corrected chi connectivity index (χ2v) is 3.64. The van der Waals surface area contributed by atoms with Gasteiger partial charge in [0.2, 0.25) is 0 Å². The Hall–Kier alpha value is -1.63. The number of rotatable bonds is 3. The molecular weight excluding hydrogens is 280 g/mol. The third kappa shape index (κ3) is 2.30. The number of halogens is 1. The van der Waals surface area contributed by atoms with Crippen molar-refractivity contribution in [2.24, 2.45) is 0 Å². The highest BCUT2D eigenvalue weighted by Gasteiger charge is 2.23. The van der Waals surface area contributed by atoms with Crippen molar-refractivity contribution in [2.75, 3.05) is 12.3 Å². The zero-order valence-electron chi connectivity index (χ0n) is 8.40. The van der Waals surface area contributed by atoms with Crippen LogP contribution in [0, 0.1) is 10.1 Å². The van der Waals surface area contributed by atoms with Crippen molar-refractivity contribution < 1.29 is 14.5 Å². The molecule has 0 saturated carbocycles. The Morgan fingerprint density at radius 2 is 2.25 bits per heavy atom. The summed E-state index contributed by atoms with van der Waals surface area (Å²) in [5.41, 5.74) is 5.19. The van der Waals surface area contributed by atoms with Crippen LogP contribution in [0.2, 0.25) is 0 Å². The number of carbonyl (C=O) groups is 1. The Morgan fingerprint density at radius 1 is 1.62 bits per heavy atom. The van der Waals surface area contributed by atoms with Crippen LogP contribution >= 0.6 is 15.9 Å². The van der Waals surface area contributed by atoms with Crippen LogP contribution in [0.1, 0.15) is 17.3 Å². The van der Waals surface area contributed by atoms with Gasteiger partial charge in [-0.1, -0.05) is 0 Å². The van der Waals surface area contributed by atoms with Crippen LogP contribution in [-0.2, 0) is 4.74 Å². The van der Waals surface area contributed by atoms with Gasteiger partial charge in [-0.3, -0.25) is 10.1 Å². The fraction of sp³-hybridized carbons (Fsp3) is 0.222. The molecule has 1 aromatic rings. The molecule has 0 fully saturated rings. The molecule has 0 bridgehead atoms. The molecule has 2 N–H and O–H groups in total. The monoisotopic (exact) mass is 288 g/mol. The van der Waals surface area contributed by atoms with E-state index in [4.69, 9.17) is 10.5 Å². The van der Waals surface area contributed by atoms with Crippen LogP contribution < -0.4 is 5.73 Å². The third-order valence-electron chi connectivity index (χ3n) is 1.83. The van der Waals surface area contributed by atoms with E-state index in [1.165, 1.54) is 12.1 Å². The van der Waals surface area contributed by atoms with Crippen molar-refractivity contribution in [1.82, 2.24) is 0 Å². The van der Waals surface area contributed by atoms with Crippen LogP contribution in [0.3, 0.4) is 0 Å². The number of hydrogen-bond donors (Lipinski definition) is 1. The van der Waals surface area contributed by atoms with E-state index in [2.05, 4.69) is 15.9 Å². The lowest BCUT2D eigenvalue weighted by molar-refractivity contribution is -0.384. The summed E-state index contributed by atoms with van der Waals surface area (Å²) in [5, 5.41) is 10.7. The largest absolute Gasteiger partial charge is 0.462 e. The molecule has 0 aliphatic heterocycles. The quantitative estimate of drug-likeness (QED) is 0.398. The van der Waals surface area contributed by atoms with Crippen molar-refractivity contribution in [1.29, 1.82) is 0 Å². The topological polar surface area (TPSA) is 95.5 Å². The number of benzene rings is 1. The molecule has 1 rings (SSSR count). The predicted molar refractivity (Wildman–Crippen MR) is 61.2 cm³/mol. The molecule has 0 amide bonds. The second-order valence-electron chi connectivity index (χ2n) is 2.84. The van der Waals surface area contributed by atoms with Gasteiger partial charge < -0.3 is 10.5 Å². The van der Waals surface area contributed by atoms with Gasteiger partial charge in [0.05, 0.1) is 17.1 Å². The van der Waals surface area contributed by atoms with Gasteiger partial charge in [-0.15, -0.1) is 0 Å². The van der Waals surface area contributed by atoms with Gasteiger partial charge in [-0.05, 0) is 35.0 Å². The molecule has 16 heavy (non-hydrogen) atoms. The van der Waals surface area contributed by atoms with E-state index >= 15 is 0 Å². The average Bonchev–Trinajstić information content (AvgIpc) is 2.17. The minimum absolute atomic E-state index is 0.00933. The maximum atomic E-state index is 11.4. The molecule has 0 aromatic heterocycles. The summed E-state index contributed by atoms with van der Waals surface area (Å²) in [5.74, 6) is -0.627. The second kappa shape index (κ2) is 4.93. The molecule has 0 saturated heterocycles. The smallest absolute Gasteiger partial charge is 0.339 e. The van der Waals surface area contributed by atoms with E-state index in [-0.39, 0.29) is 28.0 Å². The summed E-state index contributed by atoms with van der Waals surface area (Å²) in [4.78, 5) is 21.5. The number of nitrogen functional groups attached to an aromatic ring is 1. The summed E-state index contributed by atoms with van der Waals surface area (Å²) >= 11 is 2.98. The van der Waals surface area contributed by atoms with E-state index in [1.54, 1.807) is 6.92 Å². The minimum Gasteiger partial charge on any atom is -0.462 e. The Bertz CT molecular complexity index is 447. The Balaban J connectivity index is 3.29. The van der Waals surface area contributed by atoms with Gasteiger partial charge in [0.25, 0.3) is 0 Å². The number of nitro groups is 1. The van der Waals surface area contributed by atoms with Crippen LogP contribution in [0.15, 0.2) is 16.6 Å². The highest BCUT2D eigenvalue weighted by Crippen LogP contribution is 2.34. The van der Waals surface area contributed by atoms with Crippen molar-refractivity contribution in [3.8, 4) is 0 Å². The lowest BCUT2D eigenvalue weighted by atomic mass is 10.2. The number of carbonyl (C=O) groups excluding carboxylic acids is 1. The lowest BCUT2D eigenvalue weighted by Crippen LogP contribution is -2.08. The summed E-state index contributed by atoms with van der Waals surface area (Å²) in [6, 6.07) is 2.68. The zero-order chi connectivity index (χ0) is 12.3. The number of nitrogens with two attached hydrogens (primary N) is 1. The number of ether oxygens (including phenoxy) is 1. The van der Waals surface area contributed by atoms with Crippen molar-refractivity contribution >= 4 is 33.3 Å². The standard InChI is InChI=1S/C9H9BrN2O4/c1-2-16-9(13)5-3-4-6(11)8(7(5)10)12(14)15/h3-4H,2,11H2,1H3. The fourth-order valence-corrected chi connectivity index (χ4v) is 1.80. The molecule has 1 aromatic carbocycles. The fourth-order valence-electron chi connectivity index (χ4n) is 1.13. The van der Waals surface area contributed by atoms with Crippen LogP contribution in [-0.4, -0.2) is 17.5 Å². The first-order valence-corrected chi connectivity index (χ1v) is 5.17. The van der Waals surface area contributed by atoms with Crippen LogP contribution in [0.4, 0.5) is 11.4 Å². The predicted octanol–water partition coefficient (Wildman–Crippen LogP) is 2.12. The van der Waals surface area contributed by atoms with Crippen molar-refractivity contribution in [3.63, 3.8) is 0 Å². The highest BCUT2D eigenvalue weighted by molar-refractivity contribution is 9.10. The normalized spacial score (nSPS) is 9.88. The van der Waals surface area contributed by atoms with Gasteiger partial charge in [0.15, 0.2) is 0 Å². The van der Waals surface area contributed by atoms with Crippen LogP contribution in [0.25, 0.3) is 0 Å². The van der Waals surface area contributed by atoms with E-state index < -0.39 is 10.9 Å². The van der Waals surface area contributed by atoms with Gasteiger partial charge in [0.1, 0.15) is 10.2 Å². The molecule has 0 radical (unpaired) electrons. The Kier molecular flexibility index (Phi) is 3.83. The number of esters is 1. The first kappa shape index (κ1) is 12.4. The van der Waals surface area contributed by atoms with Crippen molar-refractivity contribution in [3.05, 3.63) is 32.3 Å². The SMILES string of the molecule is CCOC(=O)c1ccc(N)c([N+](=O)[O-])c1Br. The van der Waals surface area contributed by atoms with Gasteiger partial charge >= 0.3 is 11.7 Å². The summed E-state index contributed by atoms with van der Waals surface area (Å²) in [7, 11) is 0. The third-order valence-corrected chi connectivity index (χ3v) is 2.63. The Morgan fingerprint density at radius 3 is 2.75 bits per heavy atom. The van der Waals surface area contributed by atoms with Crippen molar-refractivity contribution in [2.45, 2.75) is 6.92 Å². The van der Waals surface area contributed by atoms with E-state index in [0.29, 0.717) is 0 Å². The Labute approximate surface area is 99.7 Å². The number of hydrogen-bond acceptors (Lipinski definition) is 5. The maximum Gasteiger partial charge on any atom is 0.339 e. The zero-order valence-corrected chi connectivity index (χ0v) is 9.98. The molecule has 0 aliphatic carbocycles. The highest BCUT2D eigenvalue weighted by atomic mass is 79.9. The molecule has 86 valence electrons. The molecule has 7 heteroatoms. The molecule has 0 spiro atoms. The van der Waals surface area contributed by atoms with Gasteiger partial charge in [-0.25, -0.2) is 4.79 Å². The maximum absolute atomic E-state index is 11.4. The first-order valence-electron chi connectivity index (χ1n) is 4.38. The minimum atomic E-state index is -0.651. The molecular formula is C9H9BrN2O4. The van der Waals surface area contributed by atoms with E-state index in [0.717, 1.165) is 0 Å². The molecule has 0 unspecified atom stereocenters. The molecule has 0 aliphatic rings. The molecule has 0 heterocycles. The van der Waals surface area contributed by atoms with E-state index in [9.17, 15) is 14.9 Å². The van der Waals surface area contributed by atoms with Crippen LogP contribution in [0.5, 0.6) is 0 Å². The lowest BCUT2D eigenvalue weighted by Gasteiger charge is -2.06. The summed E-state index contributed by atoms with van der Waals surface area (Å²) in [6.45, 7) is 1.85. The van der Waals surface area contributed by atoms with Gasteiger partial charge in [0, 0.05) is 0 Å². The number of nitrogens with zero attached hydrogens (tertiary/aromatic N) is 1. The van der Waals surface area contributed by atoms with Gasteiger partial charge in [-0.2, -0.15) is 0 Å². The first-order chi connectivity index (χ1) is 7.49. The number of anilines is 1. The van der Waals surface area contributed by atoms with E-state index in [1.807, 2.05) is 0 Å². The summed E-state index contributed by atoms with van der Waals surface area (Å²) in [6.07, 6.45) is 0. The number of nitro benzene ring substituents is 1. The molecule has 0 atom stereocenters.